The van der Waals surface area contributed by atoms with E-state index in [9.17, 15) is 4.79 Å². The van der Waals surface area contributed by atoms with Crippen LogP contribution in [0.2, 0.25) is 0 Å². The van der Waals surface area contributed by atoms with Crippen LogP contribution in [0.5, 0.6) is 5.75 Å². The Kier molecular flexibility index (Phi) is 8.19. The third-order valence-corrected chi connectivity index (χ3v) is 5.57. The Morgan fingerprint density at radius 3 is 2.93 bits per heavy atom. The van der Waals surface area contributed by atoms with Gasteiger partial charge in [0.2, 0.25) is 5.91 Å². The van der Waals surface area contributed by atoms with Gasteiger partial charge in [-0.15, -0.1) is 0 Å². The van der Waals surface area contributed by atoms with Crippen molar-refractivity contribution >= 4 is 17.6 Å². The molecule has 0 spiro atoms. The number of ether oxygens (including phenoxy) is 2. The fourth-order valence-electron chi connectivity index (χ4n) is 3.79. The highest BCUT2D eigenvalue weighted by Gasteiger charge is 2.22. The van der Waals surface area contributed by atoms with Gasteiger partial charge >= 0.3 is 0 Å². The minimum atomic E-state index is -0.0186. The van der Waals surface area contributed by atoms with Gasteiger partial charge in [-0.2, -0.15) is 0 Å². The Bertz CT molecular complexity index is 718. The first kappa shape index (κ1) is 22.2. The Morgan fingerprint density at radius 1 is 1.33 bits per heavy atom. The van der Waals surface area contributed by atoms with Crippen LogP contribution in [0.3, 0.4) is 0 Å². The molecule has 2 fully saturated rings. The second-order valence-electron chi connectivity index (χ2n) is 8.10. The molecule has 0 aliphatic carbocycles. The summed E-state index contributed by atoms with van der Waals surface area (Å²) in [5, 5.41) is 6.92. The third kappa shape index (κ3) is 6.52. The van der Waals surface area contributed by atoms with Crippen LogP contribution in [-0.2, 0) is 9.53 Å². The van der Waals surface area contributed by atoms with Crippen molar-refractivity contribution in [2.45, 2.75) is 37.8 Å². The van der Waals surface area contributed by atoms with Gasteiger partial charge in [0.1, 0.15) is 12.3 Å². The second kappa shape index (κ2) is 11.1. The molecule has 2 saturated heterocycles. The predicted molar refractivity (Wildman–Crippen MR) is 119 cm³/mol. The van der Waals surface area contributed by atoms with Gasteiger partial charge in [0.05, 0.1) is 13.2 Å². The van der Waals surface area contributed by atoms with E-state index in [4.69, 9.17) is 9.47 Å². The molecular weight excluding hydrogens is 382 g/mol. The molecule has 8 nitrogen and oxygen atoms in total. The van der Waals surface area contributed by atoms with Gasteiger partial charge in [0, 0.05) is 58.1 Å². The van der Waals surface area contributed by atoms with E-state index in [0.717, 1.165) is 56.8 Å². The number of piperidine rings is 1. The molecule has 2 unspecified atom stereocenters. The molecule has 0 bridgehead atoms. The first-order chi connectivity index (χ1) is 14.5. The highest BCUT2D eigenvalue weighted by atomic mass is 16.5. The van der Waals surface area contributed by atoms with Gasteiger partial charge in [0.15, 0.2) is 5.96 Å². The predicted octanol–water partition coefficient (Wildman–Crippen LogP) is 1.47. The molecule has 2 aliphatic rings. The van der Waals surface area contributed by atoms with Crippen LogP contribution in [0.25, 0.3) is 0 Å². The van der Waals surface area contributed by atoms with Crippen molar-refractivity contribution in [3.63, 3.8) is 0 Å². The molecule has 166 valence electrons. The largest absolute Gasteiger partial charge is 0.497 e. The van der Waals surface area contributed by atoms with Crippen LogP contribution < -0.4 is 20.3 Å². The van der Waals surface area contributed by atoms with Gasteiger partial charge in [-0.25, -0.2) is 4.99 Å². The Morgan fingerprint density at radius 2 is 2.20 bits per heavy atom. The lowest BCUT2D eigenvalue weighted by atomic mass is 10.0. The molecule has 0 aromatic heterocycles. The second-order valence-corrected chi connectivity index (χ2v) is 8.10. The van der Waals surface area contributed by atoms with E-state index < -0.39 is 0 Å². The molecule has 1 aromatic rings. The van der Waals surface area contributed by atoms with Gasteiger partial charge in [-0.3, -0.25) is 4.79 Å². The van der Waals surface area contributed by atoms with E-state index in [0.29, 0.717) is 12.5 Å². The van der Waals surface area contributed by atoms with Gasteiger partial charge in [-0.05, 0) is 37.8 Å². The first-order valence-electron chi connectivity index (χ1n) is 10.8. The van der Waals surface area contributed by atoms with Crippen LogP contribution >= 0.6 is 0 Å². The summed E-state index contributed by atoms with van der Waals surface area (Å²) >= 11 is 0. The van der Waals surface area contributed by atoms with Crippen molar-refractivity contribution in [1.29, 1.82) is 0 Å². The van der Waals surface area contributed by atoms with Crippen molar-refractivity contribution in [1.82, 2.24) is 15.5 Å². The summed E-state index contributed by atoms with van der Waals surface area (Å²) in [4.78, 5) is 20.5. The average Bonchev–Trinajstić information content (AvgIpc) is 3.29. The van der Waals surface area contributed by atoms with E-state index in [-0.39, 0.29) is 24.6 Å². The number of benzene rings is 1. The molecule has 0 radical (unpaired) electrons. The Labute approximate surface area is 179 Å². The minimum absolute atomic E-state index is 0.0186. The van der Waals surface area contributed by atoms with Crippen molar-refractivity contribution in [3.05, 3.63) is 24.3 Å². The zero-order valence-corrected chi connectivity index (χ0v) is 18.4. The number of likely N-dealkylation sites (N-methyl/N-ethyl adjacent to an activating group) is 1. The van der Waals surface area contributed by atoms with Crippen LogP contribution in [0, 0.1) is 0 Å². The molecule has 2 heterocycles. The zero-order chi connectivity index (χ0) is 21.3. The molecule has 8 heteroatoms. The van der Waals surface area contributed by atoms with Gasteiger partial charge in [0.25, 0.3) is 0 Å². The molecule has 2 atom stereocenters. The third-order valence-electron chi connectivity index (χ3n) is 5.57. The number of amides is 1. The van der Waals surface area contributed by atoms with Gasteiger partial charge < -0.3 is 29.9 Å². The number of nitrogens with zero attached hydrogens (tertiary/aromatic N) is 3. The van der Waals surface area contributed by atoms with Crippen molar-refractivity contribution in [3.8, 4) is 5.75 Å². The summed E-state index contributed by atoms with van der Waals surface area (Å²) in [6.45, 7) is 3.54. The fourth-order valence-corrected chi connectivity index (χ4v) is 3.79. The molecule has 3 rings (SSSR count). The molecule has 1 aromatic carbocycles. The smallest absolute Gasteiger partial charge is 0.243 e. The van der Waals surface area contributed by atoms with Crippen LogP contribution in [0.4, 0.5) is 5.69 Å². The summed E-state index contributed by atoms with van der Waals surface area (Å²) in [5.41, 5.74) is 1.16. The summed E-state index contributed by atoms with van der Waals surface area (Å²) < 4.78 is 11.1. The number of carbonyl (C=O) groups is 1. The highest BCUT2D eigenvalue weighted by Crippen LogP contribution is 2.24. The lowest BCUT2D eigenvalue weighted by Crippen LogP contribution is -2.52. The number of methoxy groups -OCH3 is 1. The Balaban J connectivity index is 1.62. The zero-order valence-electron chi connectivity index (χ0n) is 18.4. The molecule has 2 N–H and O–H groups in total. The maximum Gasteiger partial charge on any atom is 0.243 e. The summed E-state index contributed by atoms with van der Waals surface area (Å²) in [6.07, 6.45) is 4.52. The molecule has 2 aliphatic heterocycles. The summed E-state index contributed by atoms with van der Waals surface area (Å²) in [7, 11) is 5.19. The Hall–Kier alpha value is -2.48. The molecule has 1 amide bonds. The molecular formula is C22H35N5O3. The van der Waals surface area contributed by atoms with Crippen LogP contribution in [0.1, 0.15) is 25.7 Å². The van der Waals surface area contributed by atoms with Crippen LogP contribution in [-0.4, -0.2) is 82.9 Å². The first-order valence-corrected chi connectivity index (χ1v) is 10.8. The summed E-state index contributed by atoms with van der Waals surface area (Å²) in [6, 6.07) is 8.42. The van der Waals surface area contributed by atoms with Crippen LogP contribution in [0.15, 0.2) is 29.3 Å². The quantitative estimate of drug-likeness (QED) is 0.517. The number of carbonyl (C=O) groups excluding carboxylic acids is 1. The van der Waals surface area contributed by atoms with E-state index in [1.54, 1.807) is 26.1 Å². The van der Waals surface area contributed by atoms with Gasteiger partial charge in [-0.1, -0.05) is 6.07 Å². The lowest BCUT2D eigenvalue weighted by molar-refractivity contribution is -0.127. The molecule has 0 saturated carbocycles. The van der Waals surface area contributed by atoms with E-state index in [2.05, 4.69) is 32.7 Å². The minimum Gasteiger partial charge on any atom is -0.497 e. The summed E-state index contributed by atoms with van der Waals surface area (Å²) in [5.74, 6) is 1.53. The SMILES string of the molecule is COc1cccc(N2CCCC(NC(=NCC(=O)N(C)C)NCC3CCCO3)C2)c1. The van der Waals surface area contributed by atoms with E-state index >= 15 is 0 Å². The normalized spacial score (nSPS) is 22.0. The van der Waals surface area contributed by atoms with E-state index in [1.165, 1.54) is 0 Å². The van der Waals surface area contributed by atoms with Crippen molar-refractivity contribution in [2.24, 2.45) is 4.99 Å². The number of rotatable bonds is 7. The van der Waals surface area contributed by atoms with Crippen molar-refractivity contribution < 1.29 is 14.3 Å². The topological polar surface area (TPSA) is 78.4 Å². The number of hydrogen-bond donors (Lipinski definition) is 2. The maximum absolute atomic E-state index is 12.0. The van der Waals surface area contributed by atoms with Crippen molar-refractivity contribution in [2.75, 3.05) is 58.9 Å². The molecule has 30 heavy (non-hydrogen) atoms. The number of aliphatic imine (C=N–C) groups is 1. The average molecular weight is 418 g/mol. The fraction of sp³-hybridized carbons (Fsp3) is 0.636. The number of anilines is 1. The maximum atomic E-state index is 12.0. The van der Waals surface area contributed by atoms with E-state index in [1.807, 2.05) is 12.1 Å². The standard InChI is InChI=1S/C22H35N5O3/c1-26(2)21(28)15-24-22(23-14-20-10-6-12-30-20)25-17-7-5-11-27(16-17)18-8-4-9-19(13-18)29-3/h4,8-9,13,17,20H,5-7,10-12,14-16H2,1-3H3,(H2,23,24,25). The number of nitrogens with one attached hydrogen (secondary N) is 2. The highest BCUT2D eigenvalue weighted by molar-refractivity contribution is 5.85. The number of guanidine groups is 1. The monoisotopic (exact) mass is 417 g/mol. The number of hydrogen-bond acceptors (Lipinski definition) is 5. The lowest BCUT2D eigenvalue weighted by Gasteiger charge is -2.35.